The lowest BCUT2D eigenvalue weighted by Crippen LogP contribution is -2.25. The summed E-state index contributed by atoms with van der Waals surface area (Å²) in [5.74, 6) is 0.858. The van der Waals surface area contributed by atoms with Gasteiger partial charge in [-0.3, -0.25) is 4.79 Å². The highest BCUT2D eigenvalue weighted by Gasteiger charge is 2.31. The number of carbonyl (C=O) groups is 2. The van der Waals surface area contributed by atoms with Gasteiger partial charge < -0.3 is 9.64 Å². The van der Waals surface area contributed by atoms with Gasteiger partial charge >= 0.3 is 5.97 Å². The summed E-state index contributed by atoms with van der Waals surface area (Å²) in [6.07, 6.45) is 5.47. The van der Waals surface area contributed by atoms with Crippen LogP contribution in [0.1, 0.15) is 16.8 Å². The average Bonchev–Trinajstić information content (AvgIpc) is 2.79. The van der Waals surface area contributed by atoms with Gasteiger partial charge in [-0.2, -0.15) is 0 Å². The fourth-order valence-electron chi connectivity index (χ4n) is 2.02. The molecule has 1 fully saturated rings. The van der Waals surface area contributed by atoms with E-state index in [9.17, 15) is 14.0 Å². The van der Waals surface area contributed by atoms with Gasteiger partial charge in [0.15, 0.2) is 0 Å². The summed E-state index contributed by atoms with van der Waals surface area (Å²) in [5, 5.41) is 0. The molecule has 0 spiro atoms. The Morgan fingerprint density at radius 2 is 2.32 bits per heavy atom. The molecular formula is C14H12FNO3. The van der Waals surface area contributed by atoms with Crippen LogP contribution in [-0.2, 0) is 9.53 Å². The fraction of sp³-hybridized carbons (Fsp3) is 0.286. The molecule has 0 aliphatic carbocycles. The molecular weight excluding hydrogens is 249 g/mol. The van der Waals surface area contributed by atoms with Crippen molar-refractivity contribution in [2.24, 2.45) is 5.92 Å². The maximum Gasteiger partial charge on any atom is 0.337 e. The van der Waals surface area contributed by atoms with Gasteiger partial charge in [0, 0.05) is 18.9 Å². The van der Waals surface area contributed by atoms with Crippen molar-refractivity contribution in [3.05, 3.63) is 29.6 Å². The lowest BCUT2D eigenvalue weighted by Gasteiger charge is -2.17. The molecule has 1 unspecified atom stereocenters. The molecule has 1 aromatic carbocycles. The second kappa shape index (κ2) is 5.11. The van der Waals surface area contributed by atoms with Gasteiger partial charge in [-0.1, -0.05) is 0 Å². The van der Waals surface area contributed by atoms with E-state index in [0.29, 0.717) is 0 Å². The standard InChI is InChI=1S/C14H12FNO3/c1-3-9-6-13(17)16(8-9)12-7-10(14(18)19-2)4-5-11(12)15/h1,4-5,7,9H,6,8H2,2H3. The van der Waals surface area contributed by atoms with Crippen molar-refractivity contribution in [3.63, 3.8) is 0 Å². The lowest BCUT2D eigenvalue weighted by atomic mass is 10.1. The van der Waals surface area contributed by atoms with E-state index in [-0.39, 0.29) is 36.0 Å². The predicted molar refractivity (Wildman–Crippen MR) is 67.0 cm³/mol. The maximum atomic E-state index is 13.8. The highest BCUT2D eigenvalue weighted by molar-refractivity contribution is 5.98. The predicted octanol–water partition coefficient (Wildman–Crippen LogP) is 1.60. The zero-order valence-electron chi connectivity index (χ0n) is 10.4. The highest BCUT2D eigenvalue weighted by atomic mass is 19.1. The summed E-state index contributed by atoms with van der Waals surface area (Å²) in [6, 6.07) is 3.75. The topological polar surface area (TPSA) is 46.6 Å². The van der Waals surface area contributed by atoms with Crippen LogP contribution in [0.15, 0.2) is 18.2 Å². The number of anilines is 1. The Bertz CT molecular complexity index is 577. The van der Waals surface area contributed by atoms with E-state index in [1.165, 1.54) is 24.1 Å². The van der Waals surface area contributed by atoms with Crippen LogP contribution in [0.4, 0.5) is 10.1 Å². The number of carbonyl (C=O) groups excluding carboxylic acids is 2. The molecule has 19 heavy (non-hydrogen) atoms. The molecule has 0 bridgehead atoms. The molecule has 1 saturated heterocycles. The van der Waals surface area contributed by atoms with Gasteiger partial charge in [0.25, 0.3) is 0 Å². The van der Waals surface area contributed by atoms with E-state index >= 15 is 0 Å². The van der Waals surface area contributed by atoms with Gasteiger partial charge in [-0.25, -0.2) is 9.18 Å². The van der Waals surface area contributed by atoms with Crippen molar-refractivity contribution >= 4 is 17.6 Å². The maximum absolute atomic E-state index is 13.8. The molecule has 0 radical (unpaired) electrons. The van der Waals surface area contributed by atoms with Gasteiger partial charge in [-0.05, 0) is 18.2 Å². The fourth-order valence-corrected chi connectivity index (χ4v) is 2.02. The number of hydrogen-bond donors (Lipinski definition) is 0. The third kappa shape index (κ3) is 2.43. The molecule has 1 aromatic rings. The molecule has 4 nitrogen and oxygen atoms in total. The number of nitrogens with zero attached hydrogens (tertiary/aromatic N) is 1. The number of amides is 1. The summed E-state index contributed by atoms with van der Waals surface area (Å²) < 4.78 is 18.4. The van der Waals surface area contributed by atoms with Crippen LogP contribution in [-0.4, -0.2) is 25.5 Å². The first kappa shape index (κ1) is 13.1. The van der Waals surface area contributed by atoms with E-state index in [1.54, 1.807) is 0 Å². The third-order valence-corrected chi connectivity index (χ3v) is 3.02. The zero-order chi connectivity index (χ0) is 14.0. The molecule has 98 valence electrons. The Kier molecular flexibility index (Phi) is 3.52. The van der Waals surface area contributed by atoms with Crippen LogP contribution in [0.25, 0.3) is 0 Å². The van der Waals surface area contributed by atoms with Crippen molar-refractivity contribution < 1.29 is 18.7 Å². The van der Waals surface area contributed by atoms with Gasteiger partial charge in [0.2, 0.25) is 5.91 Å². The minimum atomic E-state index is -0.582. The van der Waals surface area contributed by atoms with E-state index in [2.05, 4.69) is 10.7 Å². The number of terminal acetylenes is 1. The second-order valence-corrected chi connectivity index (χ2v) is 4.23. The molecule has 1 amide bonds. The minimum Gasteiger partial charge on any atom is -0.465 e. The molecule has 1 atom stereocenters. The molecule has 2 rings (SSSR count). The van der Waals surface area contributed by atoms with E-state index < -0.39 is 11.8 Å². The zero-order valence-corrected chi connectivity index (χ0v) is 10.4. The average molecular weight is 261 g/mol. The Hall–Kier alpha value is -2.35. The first-order valence-corrected chi connectivity index (χ1v) is 5.71. The van der Waals surface area contributed by atoms with E-state index in [4.69, 9.17) is 6.42 Å². The smallest absolute Gasteiger partial charge is 0.337 e. The molecule has 1 aliphatic heterocycles. The number of halogens is 1. The molecule has 0 saturated carbocycles. The van der Waals surface area contributed by atoms with Crippen molar-refractivity contribution in [3.8, 4) is 12.3 Å². The van der Waals surface area contributed by atoms with Crippen LogP contribution < -0.4 is 4.90 Å². The largest absolute Gasteiger partial charge is 0.465 e. The number of methoxy groups -OCH3 is 1. The molecule has 0 aromatic heterocycles. The first-order valence-electron chi connectivity index (χ1n) is 5.71. The Morgan fingerprint density at radius 1 is 1.58 bits per heavy atom. The van der Waals surface area contributed by atoms with Crippen LogP contribution in [0.2, 0.25) is 0 Å². The van der Waals surface area contributed by atoms with Crippen molar-refractivity contribution in [2.45, 2.75) is 6.42 Å². The number of benzene rings is 1. The number of esters is 1. The van der Waals surface area contributed by atoms with Gasteiger partial charge in [0.05, 0.1) is 18.4 Å². The van der Waals surface area contributed by atoms with Crippen LogP contribution >= 0.6 is 0 Å². The van der Waals surface area contributed by atoms with Gasteiger partial charge in [0.1, 0.15) is 5.82 Å². The summed E-state index contributed by atoms with van der Waals surface area (Å²) >= 11 is 0. The summed E-state index contributed by atoms with van der Waals surface area (Å²) in [5.41, 5.74) is 0.251. The SMILES string of the molecule is C#CC1CC(=O)N(c2cc(C(=O)OC)ccc2F)C1. The number of hydrogen-bond acceptors (Lipinski definition) is 3. The number of ether oxygens (including phenoxy) is 1. The summed E-state index contributed by atoms with van der Waals surface area (Å²) in [6.45, 7) is 0.261. The molecule has 0 N–H and O–H groups in total. The summed E-state index contributed by atoms with van der Waals surface area (Å²) in [7, 11) is 1.24. The normalized spacial score (nSPS) is 18.3. The van der Waals surface area contributed by atoms with E-state index in [0.717, 1.165) is 6.07 Å². The van der Waals surface area contributed by atoms with Crippen molar-refractivity contribution in [1.82, 2.24) is 0 Å². The highest BCUT2D eigenvalue weighted by Crippen LogP contribution is 2.28. The first-order chi connectivity index (χ1) is 9.06. The molecule has 5 heteroatoms. The summed E-state index contributed by atoms with van der Waals surface area (Å²) in [4.78, 5) is 24.5. The van der Waals surface area contributed by atoms with Crippen LogP contribution in [0.5, 0.6) is 0 Å². The third-order valence-electron chi connectivity index (χ3n) is 3.02. The number of rotatable bonds is 2. The van der Waals surface area contributed by atoms with Crippen LogP contribution in [0.3, 0.4) is 0 Å². The van der Waals surface area contributed by atoms with E-state index in [1.807, 2.05) is 0 Å². The van der Waals surface area contributed by atoms with Gasteiger partial charge in [-0.15, -0.1) is 12.3 Å². The Labute approximate surface area is 110 Å². The Balaban J connectivity index is 2.37. The second-order valence-electron chi connectivity index (χ2n) is 4.23. The molecule has 1 aliphatic rings. The minimum absolute atomic E-state index is 0.0608. The van der Waals surface area contributed by atoms with Crippen molar-refractivity contribution in [1.29, 1.82) is 0 Å². The Morgan fingerprint density at radius 3 is 2.89 bits per heavy atom. The molecule has 1 heterocycles. The van der Waals surface area contributed by atoms with Crippen molar-refractivity contribution in [2.75, 3.05) is 18.6 Å². The van der Waals surface area contributed by atoms with Crippen LogP contribution in [0, 0.1) is 24.1 Å². The monoisotopic (exact) mass is 261 g/mol. The quantitative estimate of drug-likeness (QED) is 0.600. The lowest BCUT2D eigenvalue weighted by molar-refractivity contribution is -0.117.